The van der Waals surface area contributed by atoms with Gasteiger partial charge < -0.3 is 15.4 Å². The van der Waals surface area contributed by atoms with Gasteiger partial charge in [0.2, 0.25) is 5.91 Å². The van der Waals surface area contributed by atoms with Gasteiger partial charge in [-0.25, -0.2) is 0 Å². The number of nitrogens with one attached hydrogen (secondary N) is 1. The molecule has 2 heterocycles. The van der Waals surface area contributed by atoms with Gasteiger partial charge in [0.1, 0.15) is 5.82 Å². The van der Waals surface area contributed by atoms with Crippen molar-refractivity contribution in [1.29, 1.82) is 0 Å². The molecule has 0 spiro atoms. The minimum atomic E-state index is 0.0829. The second-order valence-corrected chi connectivity index (χ2v) is 3.88. The zero-order chi connectivity index (χ0) is 11.5. The first-order valence-corrected chi connectivity index (χ1v) is 5.33. The van der Waals surface area contributed by atoms with Crippen molar-refractivity contribution in [2.24, 2.45) is 0 Å². The van der Waals surface area contributed by atoms with Crippen LogP contribution < -0.4 is 5.73 Å². The monoisotopic (exact) mass is 224 g/mol. The van der Waals surface area contributed by atoms with Crippen LogP contribution in [0.4, 0.5) is 5.82 Å². The van der Waals surface area contributed by atoms with Gasteiger partial charge in [-0.1, -0.05) is 0 Å². The average molecular weight is 224 g/mol. The normalized spacial score (nSPS) is 16.4. The summed E-state index contributed by atoms with van der Waals surface area (Å²) in [5.74, 6) is 0.499. The molecule has 16 heavy (non-hydrogen) atoms. The van der Waals surface area contributed by atoms with Gasteiger partial charge in [-0.05, 0) is 6.92 Å². The zero-order valence-electron chi connectivity index (χ0n) is 9.32. The third-order valence-corrected chi connectivity index (χ3v) is 2.80. The van der Waals surface area contributed by atoms with E-state index in [0.29, 0.717) is 38.5 Å². The molecule has 1 fully saturated rings. The molecule has 1 aromatic rings. The molecule has 0 atom stereocenters. The first-order chi connectivity index (χ1) is 7.68. The van der Waals surface area contributed by atoms with E-state index in [1.54, 1.807) is 4.90 Å². The summed E-state index contributed by atoms with van der Waals surface area (Å²) in [4.78, 5) is 13.7. The summed E-state index contributed by atoms with van der Waals surface area (Å²) in [7, 11) is 0. The summed E-state index contributed by atoms with van der Waals surface area (Å²) >= 11 is 0. The van der Waals surface area contributed by atoms with Crippen LogP contribution in [0.1, 0.15) is 11.3 Å². The lowest BCUT2D eigenvalue weighted by Crippen LogP contribution is -2.41. The van der Waals surface area contributed by atoms with Crippen LogP contribution in [0.3, 0.4) is 0 Å². The summed E-state index contributed by atoms with van der Waals surface area (Å²) in [5, 5.41) is 6.65. The molecule has 3 N–H and O–H groups in total. The molecule has 6 nitrogen and oxygen atoms in total. The Balaban J connectivity index is 2.01. The smallest absolute Gasteiger partial charge is 0.227 e. The number of rotatable bonds is 2. The minimum Gasteiger partial charge on any atom is -0.382 e. The number of nitrogens with two attached hydrogens (primary N) is 1. The number of hydrogen-bond donors (Lipinski definition) is 2. The average Bonchev–Trinajstić information content (AvgIpc) is 2.62. The van der Waals surface area contributed by atoms with E-state index in [0.717, 1.165) is 11.3 Å². The maximum absolute atomic E-state index is 11.9. The Morgan fingerprint density at radius 3 is 2.81 bits per heavy atom. The van der Waals surface area contributed by atoms with Gasteiger partial charge in [0, 0.05) is 24.3 Å². The number of H-pyrrole nitrogens is 1. The summed E-state index contributed by atoms with van der Waals surface area (Å²) in [6.45, 7) is 4.42. The van der Waals surface area contributed by atoms with Crippen molar-refractivity contribution in [3.8, 4) is 0 Å². The Morgan fingerprint density at radius 2 is 2.25 bits per heavy atom. The van der Waals surface area contributed by atoms with E-state index < -0.39 is 0 Å². The Kier molecular flexibility index (Phi) is 3.09. The second-order valence-electron chi connectivity index (χ2n) is 3.88. The number of nitrogen functional groups attached to an aromatic ring is 1. The molecule has 1 aromatic heterocycles. The molecule has 0 aliphatic carbocycles. The molecule has 1 saturated heterocycles. The molecule has 1 aliphatic heterocycles. The van der Waals surface area contributed by atoms with Gasteiger partial charge >= 0.3 is 0 Å². The number of anilines is 1. The Morgan fingerprint density at radius 1 is 1.56 bits per heavy atom. The summed E-state index contributed by atoms with van der Waals surface area (Å²) in [6.07, 6.45) is 0.314. The van der Waals surface area contributed by atoms with E-state index in [1.807, 2.05) is 6.92 Å². The molecule has 1 amide bonds. The van der Waals surface area contributed by atoms with Crippen LogP contribution in [0.2, 0.25) is 0 Å². The Bertz CT molecular complexity index is 363. The quantitative estimate of drug-likeness (QED) is 0.722. The fourth-order valence-corrected chi connectivity index (χ4v) is 1.77. The lowest BCUT2D eigenvalue weighted by atomic mass is 10.1. The maximum Gasteiger partial charge on any atom is 0.227 e. The van der Waals surface area contributed by atoms with Gasteiger partial charge in [0.15, 0.2) is 0 Å². The van der Waals surface area contributed by atoms with Gasteiger partial charge in [0.05, 0.1) is 19.6 Å². The number of carbonyl (C=O) groups is 1. The molecule has 0 aromatic carbocycles. The van der Waals surface area contributed by atoms with Crippen molar-refractivity contribution in [3.05, 3.63) is 11.3 Å². The molecule has 0 unspecified atom stereocenters. The van der Waals surface area contributed by atoms with Crippen LogP contribution in [0.5, 0.6) is 0 Å². The van der Waals surface area contributed by atoms with Gasteiger partial charge in [-0.3, -0.25) is 9.89 Å². The maximum atomic E-state index is 11.9. The number of ether oxygens (including phenoxy) is 1. The van der Waals surface area contributed by atoms with Crippen molar-refractivity contribution in [2.45, 2.75) is 13.3 Å². The molecule has 0 bridgehead atoms. The standard InChI is InChI=1S/C10H16N4O2/c1-7-8(10(11)13-12-7)6-9(15)14-2-4-16-5-3-14/h2-6H2,1H3,(H3,11,12,13). The summed E-state index contributed by atoms with van der Waals surface area (Å²) in [6, 6.07) is 0. The number of amides is 1. The van der Waals surface area contributed by atoms with Gasteiger partial charge in [-0.2, -0.15) is 5.10 Å². The fraction of sp³-hybridized carbons (Fsp3) is 0.600. The fourth-order valence-electron chi connectivity index (χ4n) is 1.77. The van der Waals surface area contributed by atoms with E-state index >= 15 is 0 Å². The van der Waals surface area contributed by atoms with Crippen LogP contribution in [0.15, 0.2) is 0 Å². The highest BCUT2D eigenvalue weighted by molar-refractivity contribution is 5.80. The number of carbonyl (C=O) groups excluding carboxylic acids is 1. The molecule has 88 valence electrons. The Hall–Kier alpha value is -1.56. The highest BCUT2D eigenvalue weighted by Gasteiger charge is 2.19. The molecular formula is C10H16N4O2. The van der Waals surface area contributed by atoms with Crippen molar-refractivity contribution >= 4 is 11.7 Å². The SMILES string of the molecule is Cc1[nH]nc(N)c1CC(=O)N1CCOCC1. The van der Waals surface area contributed by atoms with Gasteiger partial charge in [-0.15, -0.1) is 0 Å². The third-order valence-electron chi connectivity index (χ3n) is 2.80. The highest BCUT2D eigenvalue weighted by Crippen LogP contribution is 2.14. The topological polar surface area (TPSA) is 84.2 Å². The third kappa shape index (κ3) is 2.16. The van der Waals surface area contributed by atoms with Crippen molar-refractivity contribution in [3.63, 3.8) is 0 Å². The molecule has 1 aliphatic rings. The van der Waals surface area contributed by atoms with Crippen LogP contribution in [0.25, 0.3) is 0 Å². The van der Waals surface area contributed by atoms with Crippen LogP contribution >= 0.6 is 0 Å². The second kappa shape index (κ2) is 4.52. The number of aryl methyl sites for hydroxylation is 1. The van der Waals surface area contributed by atoms with E-state index in [1.165, 1.54) is 0 Å². The van der Waals surface area contributed by atoms with Crippen molar-refractivity contribution < 1.29 is 9.53 Å². The number of morpholine rings is 1. The first kappa shape index (κ1) is 10.9. The minimum absolute atomic E-state index is 0.0829. The summed E-state index contributed by atoms with van der Waals surface area (Å²) < 4.78 is 5.20. The molecule has 2 rings (SSSR count). The lowest BCUT2D eigenvalue weighted by Gasteiger charge is -2.26. The number of aromatic amines is 1. The van der Waals surface area contributed by atoms with E-state index in [9.17, 15) is 4.79 Å². The number of aromatic nitrogens is 2. The van der Waals surface area contributed by atoms with Crippen LogP contribution in [-0.2, 0) is 16.0 Å². The number of nitrogens with zero attached hydrogens (tertiary/aromatic N) is 2. The molecule has 0 saturated carbocycles. The van der Waals surface area contributed by atoms with Crippen LogP contribution in [-0.4, -0.2) is 47.3 Å². The highest BCUT2D eigenvalue weighted by atomic mass is 16.5. The van der Waals surface area contributed by atoms with Crippen LogP contribution in [0, 0.1) is 6.92 Å². The summed E-state index contributed by atoms with van der Waals surface area (Å²) in [5.41, 5.74) is 7.34. The lowest BCUT2D eigenvalue weighted by molar-refractivity contribution is -0.134. The predicted molar refractivity (Wildman–Crippen MR) is 58.8 cm³/mol. The predicted octanol–water partition coefficient (Wildman–Crippen LogP) is -0.298. The molecular weight excluding hydrogens is 208 g/mol. The Labute approximate surface area is 93.8 Å². The van der Waals surface area contributed by atoms with E-state index in [-0.39, 0.29) is 5.91 Å². The molecule has 6 heteroatoms. The van der Waals surface area contributed by atoms with Crippen molar-refractivity contribution in [1.82, 2.24) is 15.1 Å². The number of hydrogen-bond acceptors (Lipinski definition) is 4. The molecule has 0 radical (unpaired) electrons. The van der Waals surface area contributed by atoms with Gasteiger partial charge in [0.25, 0.3) is 0 Å². The largest absolute Gasteiger partial charge is 0.382 e. The van der Waals surface area contributed by atoms with Crippen molar-refractivity contribution in [2.75, 3.05) is 32.0 Å². The van der Waals surface area contributed by atoms with E-state index in [2.05, 4.69) is 10.2 Å². The zero-order valence-corrected chi connectivity index (χ0v) is 9.32. The first-order valence-electron chi connectivity index (χ1n) is 5.33. The van der Waals surface area contributed by atoms with E-state index in [4.69, 9.17) is 10.5 Å².